The van der Waals surface area contributed by atoms with Crippen molar-refractivity contribution in [3.05, 3.63) is 40.9 Å². The Hall–Kier alpha value is -2.63. The van der Waals surface area contributed by atoms with E-state index in [-0.39, 0.29) is 34.6 Å². The van der Waals surface area contributed by atoms with Gasteiger partial charge in [0.05, 0.1) is 11.6 Å². The van der Waals surface area contributed by atoms with Gasteiger partial charge in [0, 0.05) is 11.6 Å². The number of amides is 1. The molecule has 1 aromatic heterocycles. The summed E-state index contributed by atoms with van der Waals surface area (Å²) in [4.78, 5) is 28.9. The maximum Gasteiger partial charge on any atom is 0.307 e. The van der Waals surface area contributed by atoms with E-state index in [1.54, 1.807) is 0 Å². The Bertz CT molecular complexity index is 1120. The molecule has 1 heterocycles. The normalized spacial score (nSPS) is 23.7. The topological polar surface area (TPSA) is 92.4 Å². The van der Waals surface area contributed by atoms with Gasteiger partial charge in [-0.3, -0.25) is 9.59 Å². The van der Waals surface area contributed by atoms with Crippen LogP contribution in [0.1, 0.15) is 113 Å². The lowest BCUT2D eigenvalue weighted by Crippen LogP contribution is -2.46. The Morgan fingerprint density at radius 2 is 1.81 bits per heavy atom. The van der Waals surface area contributed by atoms with Crippen molar-refractivity contribution in [3.8, 4) is 11.3 Å². The van der Waals surface area contributed by atoms with Crippen LogP contribution in [0.3, 0.4) is 0 Å². The molecule has 0 radical (unpaired) electrons. The number of carbonyl (C=O) groups is 2. The summed E-state index contributed by atoms with van der Waals surface area (Å²) in [5, 5.41) is 12.1. The Morgan fingerprint density at radius 3 is 2.42 bits per heavy atom. The second-order valence-corrected chi connectivity index (χ2v) is 12.8. The van der Waals surface area contributed by atoms with E-state index in [2.05, 4.69) is 51.2 Å². The summed E-state index contributed by atoms with van der Waals surface area (Å²) in [7, 11) is 0. The number of aromatic nitrogens is 1. The van der Waals surface area contributed by atoms with Gasteiger partial charge in [0.15, 0.2) is 5.76 Å². The Balaban J connectivity index is 1.48. The number of nitrogens with zero attached hydrogens (tertiary/aromatic N) is 1. The number of benzene rings is 1. The molecular weight excluding hydrogens is 452 g/mol. The van der Waals surface area contributed by atoms with Crippen LogP contribution in [-0.4, -0.2) is 28.0 Å². The molecule has 0 unspecified atom stereocenters. The Morgan fingerprint density at radius 1 is 1.11 bits per heavy atom. The van der Waals surface area contributed by atoms with E-state index in [1.165, 1.54) is 56.1 Å². The summed E-state index contributed by atoms with van der Waals surface area (Å²) in [5.74, 6) is -0.143. The van der Waals surface area contributed by atoms with E-state index in [4.69, 9.17) is 14.5 Å². The monoisotopic (exact) mass is 492 g/mol. The molecular formula is C30H40N2O4. The summed E-state index contributed by atoms with van der Waals surface area (Å²) >= 11 is 0. The van der Waals surface area contributed by atoms with Gasteiger partial charge in [-0.25, -0.2) is 4.98 Å². The fourth-order valence-corrected chi connectivity index (χ4v) is 5.68. The molecule has 0 atom stereocenters. The molecule has 6 nitrogen and oxygen atoms in total. The number of hydrogen-bond donors (Lipinski definition) is 2. The van der Waals surface area contributed by atoms with E-state index < -0.39 is 5.97 Å². The smallest absolute Gasteiger partial charge is 0.307 e. The number of oxazole rings is 1. The first-order valence-electron chi connectivity index (χ1n) is 13.7. The molecule has 0 aliphatic heterocycles. The van der Waals surface area contributed by atoms with Gasteiger partial charge in [0.2, 0.25) is 0 Å². The molecule has 0 saturated heterocycles. The summed E-state index contributed by atoms with van der Waals surface area (Å²) in [6.45, 7) is 9.02. The maximum absolute atomic E-state index is 13.1. The van der Waals surface area contributed by atoms with Gasteiger partial charge in [0.1, 0.15) is 0 Å². The summed E-state index contributed by atoms with van der Waals surface area (Å²) < 4.78 is 6.26. The van der Waals surface area contributed by atoms with Crippen LogP contribution >= 0.6 is 0 Å². The Kier molecular flexibility index (Phi) is 6.50. The van der Waals surface area contributed by atoms with Crippen molar-refractivity contribution in [3.63, 3.8) is 0 Å². The molecule has 36 heavy (non-hydrogen) atoms. The van der Waals surface area contributed by atoms with Crippen molar-refractivity contribution in [1.82, 2.24) is 10.3 Å². The zero-order valence-electron chi connectivity index (χ0n) is 22.2. The lowest BCUT2D eigenvalue weighted by atomic mass is 9.80. The third kappa shape index (κ3) is 5.23. The molecule has 2 N–H and O–H groups in total. The molecule has 3 saturated carbocycles. The van der Waals surface area contributed by atoms with Crippen LogP contribution in [0.25, 0.3) is 11.3 Å². The highest BCUT2D eigenvalue weighted by atomic mass is 16.4. The molecule has 0 bridgehead atoms. The number of hydrogen-bond acceptors (Lipinski definition) is 4. The summed E-state index contributed by atoms with van der Waals surface area (Å²) in [6.07, 6.45) is 10.3. The number of carboxylic acids is 1. The lowest BCUT2D eigenvalue weighted by Gasteiger charge is -2.32. The number of aliphatic carboxylic acids is 1. The molecule has 5 rings (SSSR count). The predicted molar refractivity (Wildman–Crippen MR) is 139 cm³/mol. The van der Waals surface area contributed by atoms with Crippen molar-refractivity contribution in [1.29, 1.82) is 0 Å². The fraction of sp³-hybridized carbons (Fsp3) is 0.633. The van der Waals surface area contributed by atoms with Gasteiger partial charge < -0.3 is 14.8 Å². The van der Waals surface area contributed by atoms with Crippen molar-refractivity contribution >= 4 is 11.9 Å². The quantitative estimate of drug-likeness (QED) is 0.466. The molecule has 1 amide bonds. The van der Waals surface area contributed by atoms with Crippen LogP contribution in [-0.2, 0) is 22.0 Å². The minimum absolute atomic E-state index is 0.00925. The van der Waals surface area contributed by atoms with Crippen LogP contribution in [0.2, 0.25) is 0 Å². The molecule has 1 aromatic carbocycles. The molecule has 194 valence electrons. The van der Waals surface area contributed by atoms with Gasteiger partial charge in [-0.05, 0) is 72.1 Å². The van der Waals surface area contributed by atoms with E-state index in [1.807, 2.05) is 0 Å². The predicted octanol–water partition coefficient (Wildman–Crippen LogP) is 6.41. The second kappa shape index (κ2) is 9.35. The molecule has 3 fully saturated rings. The van der Waals surface area contributed by atoms with Crippen molar-refractivity contribution in [2.75, 3.05) is 0 Å². The van der Waals surface area contributed by atoms with E-state index in [9.17, 15) is 9.59 Å². The lowest BCUT2D eigenvalue weighted by molar-refractivity contribution is -0.145. The number of nitrogens with one attached hydrogen (secondary N) is 1. The zero-order chi connectivity index (χ0) is 25.7. The zero-order valence-corrected chi connectivity index (χ0v) is 22.2. The minimum atomic E-state index is -0.799. The Labute approximate surface area is 214 Å². The third-order valence-electron chi connectivity index (χ3n) is 8.68. The first kappa shape index (κ1) is 25.0. The third-order valence-corrected chi connectivity index (χ3v) is 8.68. The second-order valence-electron chi connectivity index (χ2n) is 12.8. The van der Waals surface area contributed by atoms with Crippen LogP contribution in [0.15, 0.2) is 22.6 Å². The summed E-state index contributed by atoms with van der Waals surface area (Å²) in [6, 6.07) is 6.67. The molecule has 2 aromatic rings. The highest BCUT2D eigenvalue weighted by molar-refractivity contribution is 5.90. The van der Waals surface area contributed by atoms with Crippen molar-refractivity contribution < 1.29 is 19.1 Å². The largest absolute Gasteiger partial charge is 0.481 e. The van der Waals surface area contributed by atoms with Gasteiger partial charge in [-0.2, -0.15) is 0 Å². The number of carboxylic acid groups (broad SMARTS) is 1. The number of carbonyl (C=O) groups excluding carboxylic acids is 1. The highest BCUT2D eigenvalue weighted by Gasteiger charge is 2.40. The first-order chi connectivity index (χ1) is 17.0. The average molecular weight is 493 g/mol. The van der Waals surface area contributed by atoms with Gasteiger partial charge >= 0.3 is 11.9 Å². The SMILES string of the molecule is CC(C)(C)c1cc(-c2oc(C(=O)NC3CC(C(=O)O)C3)nc2CC2CCCCC2)cc(C2(C)CC2)c1. The van der Waals surface area contributed by atoms with Crippen LogP contribution in [0.4, 0.5) is 0 Å². The van der Waals surface area contributed by atoms with Gasteiger partial charge in [-0.1, -0.05) is 65.9 Å². The van der Waals surface area contributed by atoms with Crippen LogP contribution < -0.4 is 5.32 Å². The van der Waals surface area contributed by atoms with Crippen molar-refractivity contribution in [2.45, 2.75) is 109 Å². The maximum atomic E-state index is 13.1. The van der Waals surface area contributed by atoms with Gasteiger partial charge in [0.25, 0.3) is 5.89 Å². The molecule has 0 spiro atoms. The van der Waals surface area contributed by atoms with E-state index in [0.29, 0.717) is 18.8 Å². The minimum Gasteiger partial charge on any atom is -0.481 e. The van der Waals surface area contributed by atoms with Crippen LogP contribution in [0, 0.1) is 11.8 Å². The molecule has 6 heteroatoms. The highest BCUT2D eigenvalue weighted by Crippen LogP contribution is 2.49. The van der Waals surface area contributed by atoms with E-state index >= 15 is 0 Å². The fourth-order valence-electron chi connectivity index (χ4n) is 5.68. The summed E-state index contributed by atoms with van der Waals surface area (Å²) in [5.41, 5.74) is 4.70. The average Bonchev–Trinajstić information content (AvgIpc) is 3.42. The van der Waals surface area contributed by atoms with E-state index in [0.717, 1.165) is 23.4 Å². The number of rotatable bonds is 7. The van der Waals surface area contributed by atoms with Crippen LogP contribution in [0.5, 0.6) is 0 Å². The van der Waals surface area contributed by atoms with Gasteiger partial charge in [-0.15, -0.1) is 0 Å². The molecule has 3 aliphatic rings. The standard InChI is InChI=1S/C30H40N2O4/c1-29(2,3)21-13-19(14-22(17-21)30(4)10-11-30)25-24(12-18-8-6-5-7-9-18)32-27(36-25)26(33)31-23-15-20(16-23)28(34)35/h13-14,17-18,20,23H,5-12,15-16H2,1-4H3,(H,31,33)(H,34,35). The first-order valence-corrected chi connectivity index (χ1v) is 13.7. The van der Waals surface area contributed by atoms with Crippen molar-refractivity contribution in [2.24, 2.45) is 11.8 Å². The molecule has 3 aliphatic carbocycles.